The molecule has 2 N–H and O–H groups in total. The monoisotopic (exact) mass is 682 g/mol. The Labute approximate surface area is 272 Å². The van der Waals surface area contributed by atoms with Crippen molar-refractivity contribution >= 4 is 39.3 Å². The first kappa shape index (κ1) is 31.8. The molecule has 5 heterocycles. The molecule has 12 nitrogen and oxygen atoms in total. The van der Waals surface area contributed by atoms with E-state index in [1.807, 2.05) is 17.0 Å². The number of halogens is 1. The van der Waals surface area contributed by atoms with Crippen molar-refractivity contribution in [3.8, 4) is 0 Å². The summed E-state index contributed by atoms with van der Waals surface area (Å²) in [4.78, 5) is 58.5. The SMILES string of the molecule is CN1C[C@@H](Nc2cnn(C)c(=O)c2Br)C[C@@H](c2ccc(C(=O)N3CCC(N4CCN(C5CCC(=O)NC5=O)CC4)CC3)cc2)C1. The summed E-state index contributed by atoms with van der Waals surface area (Å²) >= 11 is 3.42. The standard InChI is InChI=1S/C32H43BrN8O4/c1-37-19-23(17-24(20-37)35-26-18-34-38(2)32(45)29(26)33)21-3-5-22(6-4-21)31(44)41-11-9-25(10-12-41)39-13-15-40(16-14-39)27-7-8-28(42)36-30(27)43/h3-6,18,23-25,27,35H,7-17,19-20H2,1-2H3,(H,36,42,43)/t23-,24+,27?/m1/s1. The van der Waals surface area contributed by atoms with Gasteiger partial charge in [-0.05, 0) is 72.3 Å². The van der Waals surface area contributed by atoms with E-state index >= 15 is 0 Å². The number of carbonyl (C=O) groups excluding carboxylic acids is 3. The number of nitrogens with one attached hydrogen (secondary N) is 2. The minimum absolute atomic E-state index is 0.0889. The van der Waals surface area contributed by atoms with Gasteiger partial charge in [0.25, 0.3) is 11.5 Å². The third kappa shape index (κ3) is 7.16. The predicted octanol–water partition coefficient (Wildman–Crippen LogP) is 1.47. The summed E-state index contributed by atoms with van der Waals surface area (Å²) in [5.74, 6) is 0.0632. The molecule has 6 rings (SSSR count). The highest BCUT2D eigenvalue weighted by Crippen LogP contribution is 2.30. The van der Waals surface area contributed by atoms with Gasteiger partial charge in [-0.3, -0.25) is 34.3 Å². The molecule has 3 amide bonds. The highest BCUT2D eigenvalue weighted by Gasteiger charge is 2.36. The number of piperidine rings is 3. The number of imide groups is 1. The molecule has 4 saturated heterocycles. The van der Waals surface area contributed by atoms with Gasteiger partial charge < -0.3 is 15.1 Å². The van der Waals surface area contributed by atoms with Crippen LogP contribution in [0.2, 0.25) is 0 Å². The molecule has 0 saturated carbocycles. The largest absolute Gasteiger partial charge is 0.379 e. The number of carbonyl (C=O) groups is 3. The lowest BCUT2D eigenvalue weighted by Gasteiger charge is -2.44. The van der Waals surface area contributed by atoms with Gasteiger partial charge >= 0.3 is 0 Å². The molecule has 1 unspecified atom stereocenters. The van der Waals surface area contributed by atoms with Gasteiger partial charge in [0.15, 0.2) is 0 Å². The first-order valence-electron chi connectivity index (χ1n) is 16.0. The smallest absolute Gasteiger partial charge is 0.282 e. The lowest BCUT2D eigenvalue weighted by molar-refractivity contribution is -0.138. The Morgan fingerprint density at radius 2 is 1.62 bits per heavy atom. The second-order valence-corrected chi connectivity index (χ2v) is 13.8. The number of likely N-dealkylation sites (N-methyl/N-ethyl adjacent to an activating group) is 1. The summed E-state index contributed by atoms with van der Waals surface area (Å²) in [5, 5.41) is 10.1. The van der Waals surface area contributed by atoms with E-state index in [1.165, 1.54) is 10.2 Å². The molecule has 1 aromatic carbocycles. The third-order valence-corrected chi connectivity index (χ3v) is 10.7. The van der Waals surface area contributed by atoms with Crippen LogP contribution in [0.25, 0.3) is 0 Å². The second kappa shape index (κ2) is 13.7. The summed E-state index contributed by atoms with van der Waals surface area (Å²) in [6, 6.07) is 8.53. The normalized spacial score (nSPS) is 26.1. The van der Waals surface area contributed by atoms with Gasteiger partial charge in [0.2, 0.25) is 11.8 Å². The number of aromatic nitrogens is 2. The average molecular weight is 684 g/mol. The highest BCUT2D eigenvalue weighted by atomic mass is 79.9. The lowest BCUT2D eigenvalue weighted by atomic mass is 9.87. The maximum absolute atomic E-state index is 13.4. The Kier molecular flexibility index (Phi) is 9.69. The molecule has 13 heteroatoms. The van der Waals surface area contributed by atoms with Crippen LogP contribution in [0.3, 0.4) is 0 Å². The zero-order valence-electron chi connectivity index (χ0n) is 26.1. The minimum atomic E-state index is -0.195. The molecule has 4 aliphatic heterocycles. The van der Waals surface area contributed by atoms with Crippen molar-refractivity contribution in [2.24, 2.45) is 7.05 Å². The Morgan fingerprint density at radius 3 is 2.31 bits per heavy atom. The van der Waals surface area contributed by atoms with Crippen LogP contribution in [0.15, 0.2) is 39.7 Å². The van der Waals surface area contributed by atoms with Crippen molar-refractivity contribution < 1.29 is 14.4 Å². The van der Waals surface area contributed by atoms with Crippen molar-refractivity contribution in [1.82, 2.24) is 34.7 Å². The molecular formula is C32H43BrN8O4. The fourth-order valence-corrected chi connectivity index (χ4v) is 7.93. The van der Waals surface area contributed by atoms with Gasteiger partial charge in [0.05, 0.1) is 17.9 Å². The van der Waals surface area contributed by atoms with Crippen LogP contribution in [-0.4, -0.2) is 125 Å². The van der Waals surface area contributed by atoms with Crippen molar-refractivity contribution in [3.05, 3.63) is 56.4 Å². The Morgan fingerprint density at radius 1 is 0.933 bits per heavy atom. The van der Waals surface area contributed by atoms with E-state index in [9.17, 15) is 19.2 Å². The van der Waals surface area contributed by atoms with Gasteiger partial charge in [0.1, 0.15) is 4.47 Å². The summed E-state index contributed by atoms with van der Waals surface area (Å²) in [7, 11) is 3.74. The fraction of sp³-hybridized carbons (Fsp3) is 0.594. The van der Waals surface area contributed by atoms with Crippen LogP contribution in [0, 0.1) is 0 Å². The number of anilines is 1. The van der Waals surface area contributed by atoms with Crippen LogP contribution >= 0.6 is 15.9 Å². The molecule has 1 aromatic heterocycles. The number of rotatable bonds is 6. The minimum Gasteiger partial charge on any atom is -0.379 e. The van der Waals surface area contributed by atoms with E-state index in [0.717, 1.165) is 77.2 Å². The molecule has 2 aromatic rings. The summed E-state index contributed by atoms with van der Waals surface area (Å²) < 4.78 is 1.80. The number of nitrogens with zero attached hydrogens (tertiary/aromatic N) is 6. The van der Waals surface area contributed by atoms with Crippen LogP contribution in [0.5, 0.6) is 0 Å². The summed E-state index contributed by atoms with van der Waals surface area (Å²) in [6.45, 7) is 6.74. The van der Waals surface area contributed by atoms with Crippen molar-refractivity contribution in [3.63, 3.8) is 0 Å². The van der Waals surface area contributed by atoms with Crippen LogP contribution in [0.4, 0.5) is 5.69 Å². The molecule has 0 aliphatic carbocycles. The first-order chi connectivity index (χ1) is 21.7. The first-order valence-corrected chi connectivity index (χ1v) is 16.8. The third-order valence-electron chi connectivity index (χ3n) is 9.97. The Bertz CT molecular complexity index is 1470. The van der Waals surface area contributed by atoms with Crippen molar-refractivity contribution in [2.75, 3.05) is 64.7 Å². The number of piperazine rings is 1. The van der Waals surface area contributed by atoms with Gasteiger partial charge in [-0.2, -0.15) is 5.10 Å². The molecule has 0 bridgehead atoms. The fourth-order valence-electron chi connectivity index (χ4n) is 7.46. The topological polar surface area (TPSA) is 123 Å². The molecule has 0 spiro atoms. The molecule has 242 valence electrons. The molecule has 4 aliphatic rings. The molecular weight excluding hydrogens is 640 g/mol. The summed E-state index contributed by atoms with van der Waals surface area (Å²) in [5.41, 5.74) is 2.47. The number of likely N-dealkylation sites (tertiary alicyclic amines) is 2. The zero-order chi connectivity index (χ0) is 31.7. The van der Waals surface area contributed by atoms with E-state index in [2.05, 4.69) is 65.5 Å². The molecule has 4 fully saturated rings. The predicted molar refractivity (Wildman–Crippen MR) is 174 cm³/mol. The molecule has 45 heavy (non-hydrogen) atoms. The van der Waals surface area contributed by atoms with Crippen LogP contribution in [0.1, 0.15) is 53.9 Å². The van der Waals surface area contributed by atoms with Crippen LogP contribution < -0.4 is 16.2 Å². The van der Waals surface area contributed by atoms with E-state index < -0.39 is 0 Å². The van der Waals surface area contributed by atoms with Gasteiger partial charge in [-0.1, -0.05) is 12.1 Å². The Hall–Kier alpha value is -3.13. The second-order valence-electron chi connectivity index (χ2n) is 13.0. The van der Waals surface area contributed by atoms with Gasteiger partial charge in [0, 0.05) is 83.5 Å². The zero-order valence-corrected chi connectivity index (χ0v) is 27.7. The van der Waals surface area contributed by atoms with Gasteiger partial charge in [-0.25, -0.2) is 4.68 Å². The number of amides is 3. The average Bonchev–Trinajstić information content (AvgIpc) is 3.05. The van der Waals surface area contributed by atoms with E-state index in [4.69, 9.17) is 0 Å². The van der Waals surface area contributed by atoms with E-state index in [-0.39, 0.29) is 35.4 Å². The quantitative estimate of drug-likeness (QED) is 0.436. The van der Waals surface area contributed by atoms with E-state index in [1.54, 1.807) is 13.2 Å². The lowest BCUT2D eigenvalue weighted by Crippen LogP contribution is -2.59. The number of hydrogen-bond donors (Lipinski definition) is 2. The number of aryl methyl sites for hydroxylation is 1. The van der Waals surface area contributed by atoms with Crippen LogP contribution in [-0.2, 0) is 16.6 Å². The number of benzene rings is 1. The maximum atomic E-state index is 13.4. The molecule has 0 radical (unpaired) electrons. The Balaban J connectivity index is 0.989. The molecule has 3 atom stereocenters. The summed E-state index contributed by atoms with van der Waals surface area (Å²) in [6.07, 6.45) is 5.51. The number of hydrogen-bond acceptors (Lipinski definition) is 9. The van der Waals surface area contributed by atoms with Gasteiger partial charge in [-0.15, -0.1) is 0 Å². The highest BCUT2D eigenvalue weighted by molar-refractivity contribution is 9.10. The maximum Gasteiger partial charge on any atom is 0.282 e. The van der Waals surface area contributed by atoms with E-state index in [0.29, 0.717) is 35.0 Å². The van der Waals surface area contributed by atoms with Crippen molar-refractivity contribution in [1.29, 1.82) is 0 Å². The van der Waals surface area contributed by atoms with Crippen molar-refractivity contribution in [2.45, 2.75) is 56.1 Å².